The smallest absolute Gasteiger partial charge is 0.235 e. The van der Waals surface area contributed by atoms with Crippen LogP contribution in [0.25, 0.3) is 15.5 Å². The van der Waals surface area contributed by atoms with Gasteiger partial charge in [-0.2, -0.15) is 9.61 Å². The molecular formula is C17H11ClN4O2S. The lowest BCUT2D eigenvalue weighted by molar-refractivity contribution is 0.0836. The number of hydrogen-bond donors (Lipinski definition) is 0. The summed E-state index contributed by atoms with van der Waals surface area (Å²) in [6.07, 6.45) is -0.356. The van der Waals surface area contributed by atoms with Gasteiger partial charge in [-0.05, 0) is 24.3 Å². The molecule has 25 heavy (non-hydrogen) atoms. The largest absolute Gasteiger partial charge is 0.485 e. The normalized spacial score (nSPS) is 16.3. The van der Waals surface area contributed by atoms with Crippen molar-refractivity contribution in [2.75, 3.05) is 6.61 Å². The maximum atomic E-state index is 6.01. The molecule has 2 aromatic carbocycles. The summed E-state index contributed by atoms with van der Waals surface area (Å²) < 4.78 is 13.5. The predicted molar refractivity (Wildman–Crippen MR) is 94.4 cm³/mol. The van der Waals surface area contributed by atoms with Crippen LogP contribution in [-0.4, -0.2) is 26.4 Å². The average molecular weight is 371 g/mol. The van der Waals surface area contributed by atoms with Gasteiger partial charge in [0.05, 0.1) is 0 Å². The Bertz CT molecular complexity index is 1060. The molecule has 0 saturated carbocycles. The third-order valence-corrected chi connectivity index (χ3v) is 5.10. The van der Waals surface area contributed by atoms with Gasteiger partial charge >= 0.3 is 0 Å². The van der Waals surface area contributed by atoms with Crippen LogP contribution in [0.1, 0.15) is 11.9 Å². The monoisotopic (exact) mass is 370 g/mol. The molecule has 0 fully saturated rings. The molecule has 0 N–H and O–H groups in total. The second-order valence-corrected chi connectivity index (χ2v) is 6.92. The first-order valence-electron chi connectivity index (χ1n) is 7.64. The van der Waals surface area contributed by atoms with Gasteiger partial charge in [-0.3, -0.25) is 0 Å². The van der Waals surface area contributed by atoms with E-state index in [1.165, 1.54) is 11.3 Å². The fourth-order valence-electron chi connectivity index (χ4n) is 2.69. The Morgan fingerprint density at radius 2 is 1.84 bits per heavy atom. The predicted octanol–water partition coefficient (Wildman–Crippen LogP) is 4.02. The Kier molecular flexibility index (Phi) is 3.36. The zero-order valence-electron chi connectivity index (χ0n) is 12.8. The molecule has 4 aromatic rings. The van der Waals surface area contributed by atoms with Gasteiger partial charge in [0.2, 0.25) is 4.96 Å². The Balaban J connectivity index is 1.51. The third kappa shape index (κ3) is 2.52. The molecule has 1 atom stereocenters. The Labute approximate surface area is 151 Å². The quantitative estimate of drug-likeness (QED) is 0.533. The summed E-state index contributed by atoms with van der Waals surface area (Å²) in [5, 5.41) is 14.6. The highest BCUT2D eigenvalue weighted by Crippen LogP contribution is 2.36. The van der Waals surface area contributed by atoms with Gasteiger partial charge < -0.3 is 9.47 Å². The second-order valence-electron chi connectivity index (χ2n) is 5.53. The van der Waals surface area contributed by atoms with Crippen molar-refractivity contribution in [3.8, 4) is 22.1 Å². The highest BCUT2D eigenvalue weighted by Gasteiger charge is 2.28. The topological polar surface area (TPSA) is 61.5 Å². The molecule has 0 amide bonds. The number of ether oxygens (including phenoxy) is 2. The molecule has 2 aromatic heterocycles. The minimum Gasteiger partial charge on any atom is -0.485 e. The van der Waals surface area contributed by atoms with Crippen molar-refractivity contribution in [2.45, 2.75) is 6.10 Å². The van der Waals surface area contributed by atoms with Crippen LogP contribution in [0, 0.1) is 0 Å². The van der Waals surface area contributed by atoms with E-state index in [0.29, 0.717) is 28.2 Å². The van der Waals surface area contributed by atoms with Crippen LogP contribution in [-0.2, 0) is 0 Å². The van der Waals surface area contributed by atoms with Crippen LogP contribution in [0.5, 0.6) is 11.5 Å². The number of nitrogens with zero attached hydrogens (tertiary/aromatic N) is 4. The molecule has 5 rings (SSSR count). The molecule has 3 heterocycles. The molecule has 8 heteroatoms. The number of halogens is 1. The van der Waals surface area contributed by atoms with E-state index in [1.54, 1.807) is 4.52 Å². The first-order chi connectivity index (χ1) is 12.3. The van der Waals surface area contributed by atoms with Gasteiger partial charge in [0, 0.05) is 10.6 Å². The van der Waals surface area contributed by atoms with E-state index in [-0.39, 0.29) is 6.10 Å². The third-order valence-electron chi connectivity index (χ3n) is 3.90. The van der Waals surface area contributed by atoms with E-state index in [0.717, 1.165) is 16.3 Å². The van der Waals surface area contributed by atoms with E-state index in [9.17, 15) is 0 Å². The van der Waals surface area contributed by atoms with Gasteiger partial charge in [0.15, 0.2) is 23.4 Å². The van der Waals surface area contributed by atoms with E-state index in [1.807, 2.05) is 48.5 Å². The Morgan fingerprint density at radius 3 is 2.68 bits per heavy atom. The van der Waals surface area contributed by atoms with Crippen molar-refractivity contribution in [1.29, 1.82) is 0 Å². The molecule has 0 spiro atoms. The van der Waals surface area contributed by atoms with Crippen molar-refractivity contribution in [2.24, 2.45) is 0 Å². The van der Waals surface area contributed by atoms with Gasteiger partial charge in [0.25, 0.3) is 0 Å². The highest BCUT2D eigenvalue weighted by atomic mass is 35.5. The lowest BCUT2D eigenvalue weighted by Gasteiger charge is -2.24. The number of benzene rings is 2. The molecule has 1 aliphatic rings. The van der Waals surface area contributed by atoms with Gasteiger partial charge in [0.1, 0.15) is 11.6 Å². The summed E-state index contributed by atoms with van der Waals surface area (Å²) in [7, 11) is 0. The zero-order valence-corrected chi connectivity index (χ0v) is 14.4. The van der Waals surface area contributed by atoms with Gasteiger partial charge in [-0.25, -0.2) is 0 Å². The van der Waals surface area contributed by atoms with Crippen molar-refractivity contribution in [1.82, 2.24) is 19.8 Å². The Hall–Kier alpha value is -2.64. The second kappa shape index (κ2) is 5.72. The standard InChI is InChI=1S/C17H11ClN4O2S/c18-11-7-5-10(6-8-11)16-21-22-15(19-20-17(22)25-16)14-9-23-12-3-1-2-4-13(12)24-14/h1-8,14H,9H2/t14-/m0/s1. The Morgan fingerprint density at radius 1 is 1.04 bits per heavy atom. The minimum absolute atomic E-state index is 0.356. The SMILES string of the molecule is Clc1ccc(-c2nn3c([C@@H]4COc5ccccc5O4)nnc3s2)cc1. The molecule has 0 unspecified atom stereocenters. The summed E-state index contributed by atoms with van der Waals surface area (Å²) in [5.74, 6) is 2.06. The summed E-state index contributed by atoms with van der Waals surface area (Å²) in [4.78, 5) is 0.711. The van der Waals surface area contributed by atoms with Crippen molar-refractivity contribution in [3.05, 3.63) is 59.4 Å². The van der Waals surface area contributed by atoms with Crippen LogP contribution in [0.4, 0.5) is 0 Å². The lowest BCUT2D eigenvalue weighted by Crippen LogP contribution is -2.23. The lowest BCUT2D eigenvalue weighted by atomic mass is 10.2. The zero-order chi connectivity index (χ0) is 16.8. The number of hydrogen-bond acceptors (Lipinski definition) is 6. The summed E-state index contributed by atoms with van der Waals surface area (Å²) >= 11 is 7.42. The van der Waals surface area contributed by atoms with Crippen LogP contribution >= 0.6 is 22.9 Å². The van der Waals surface area contributed by atoms with Crippen molar-refractivity contribution < 1.29 is 9.47 Å². The molecule has 6 nitrogen and oxygen atoms in total. The number of rotatable bonds is 2. The first-order valence-corrected chi connectivity index (χ1v) is 8.84. The van der Waals surface area contributed by atoms with Crippen molar-refractivity contribution >= 4 is 27.9 Å². The fraction of sp³-hybridized carbons (Fsp3) is 0.118. The molecule has 0 aliphatic carbocycles. The molecule has 124 valence electrons. The maximum Gasteiger partial charge on any atom is 0.235 e. The fourth-order valence-corrected chi connectivity index (χ4v) is 3.67. The summed E-state index contributed by atoms with van der Waals surface area (Å²) in [6.45, 7) is 0.367. The molecule has 0 saturated heterocycles. The van der Waals surface area contributed by atoms with E-state index < -0.39 is 0 Å². The molecular weight excluding hydrogens is 360 g/mol. The van der Waals surface area contributed by atoms with E-state index >= 15 is 0 Å². The van der Waals surface area contributed by atoms with Crippen LogP contribution < -0.4 is 9.47 Å². The summed E-state index contributed by atoms with van der Waals surface area (Å²) in [5.41, 5.74) is 0.983. The number of para-hydroxylation sites is 2. The molecule has 1 aliphatic heterocycles. The highest BCUT2D eigenvalue weighted by molar-refractivity contribution is 7.19. The average Bonchev–Trinajstić information content (AvgIpc) is 3.22. The minimum atomic E-state index is -0.356. The number of fused-ring (bicyclic) bond motifs is 2. The molecule has 0 bridgehead atoms. The maximum absolute atomic E-state index is 6.01. The van der Waals surface area contributed by atoms with Crippen LogP contribution in [0.15, 0.2) is 48.5 Å². The van der Waals surface area contributed by atoms with Crippen LogP contribution in [0.3, 0.4) is 0 Å². The number of aromatic nitrogens is 4. The van der Waals surface area contributed by atoms with Gasteiger partial charge in [-0.1, -0.05) is 47.2 Å². The van der Waals surface area contributed by atoms with Crippen LogP contribution in [0.2, 0.25) is 5.02 Å². The van der Waals surface area contributed by atoms with Crippen molar-refractivity contribution in [3.63, 3.8) is 0 Å². The van der Waals surface area contributed by atoms with E-state index in [2.05, 4.69) is 15.3 Å². The van der Waals surface area contributed by atoms with Gasteiger partial charge in [-0.15, -0.1) is 10.2 Å². The summed E-state index contributed by atoms with van der Waals surface area (Å²) in [6, 6.07) is 15.1. The van der Waals surface area contributed by atoms with E-state index in [4.69, 9.17) is 21.1 Å². The first kappa shape index (κ1) is 14.7. The molecule has 0 radical (unpaired) electrons.